The summed E-state index contributed by atoms with van der Waals surface area (Å²) < 4.78 is 19.1. The predicted octanol–water partition coefficient (Wildman–Crippen LogP) is 2.49. The van der Waals surface area contributed by atoms with Crippen LogP contribution in [0.2, 0.25) is 0 Å². The zero-order valence-electron chi connectivity index (χ0n) is 11.6. The van der Waals surface area contributed by atoms with Gasteiger partial charge in [0.15, 0.2) is 11.6 Å². The highest BCUT2D eigenvalue weighted by molar-refractivity contribution is 5.82. The van der Waals surface area contributed by atoms with E-state index in [1.807, 2.05) is 6.07 Å². The third kappa shape index (κ3) is 2.74. The fourth-order valence-corrected chi connectivity index (χ4v) is 2.26. The summed E-state index contributed by atoms with van der Waals surface area (Å²) in [6.45, 7) is 4.44. The molecule has 0 bridgehead atoms. The van der Waals surface area contributed by atoms with Crippen LogP contribution < -0.4 is 4.74 Å². The lowest BCUT2D eigenvalue weighted by Gasteiger charge is -2.29. The number of carbonyl (C=O) groups is 1. The Morgan fingerprint density at radius 1 is 1.55 bits per heavy atom. The van der Waals surface area contributed by atoms with Gasteiger partial charge >= 0.3 is 0 Å². The minimum Gasteiger partial charge on any atom is -0.488 e. The minimum absolute atomic E-state index is 0.111. The van der Waals surface area contributed by atoms with Gasteiger partial charge in [0.2, 0.25) is 5.91 Å². The summed E-state index contributed by atoms with van der Waals surface area (Å²) in [7, 11) is 0. The number of hydrogen-bond donors (Lipinski definition) is 0. The number of nitriles is 1. The SMILES string of the molecule is CC(C)(CC#N)C(=O)N1CCOc2c(F)cccc2C1. The zero-order chi connectivity index (χ0) is 14.8. The van der Waals surface area contributed by atoms with Crippen LogP contribution >= 0.6 is 0 Å². The topological polar surface area (TPSA) is 53.3 Å². The molecule has 4 nitrogen and oxygen atoms in total. The van der Waals surface area contributed by atoms with Crippen molar-refractivity contribution in [1.82, 2.24) is 4.90 Å². The van der Waals surface area contributed by atoms with Crippen molar-refractivity contribution in [2.75, 3.05) is 13.2 Å². The van der Waals surface area contributed by atoms with E-state index in [9.17, 15) is 9.18 Å². The number of para-hydroxylation sites is 1. The molecule has 0 saturated heterocycles. The Bertz CT molecular complexity index is 563. The van der Waals surface area contributed by atoms with Gasteiger partial charge in [-0.2, -0.15) is 5.26 Å². The lowest BCUT2D eigenvalue weighted by molar-refractivity contribution is -0.140. The van der Waals surface area contributed by atoms with Crippen LogP contribution in [0.3, 0.4) is 0 Å². The molecule has 2 rings (SSSR count). The van der Waals surface area contributed by atoms with E-state index < -0.39 is 11.2 Å². The van der Waals surface area contributed by atoms with Gasteiger partial charge in [-0.1, -0.05) is 26.0 Å². The number of halogens is 1. The summed E-state index contributed by atoms with van der Waals surface area (Å²) in [6.07, 6.45) is 0.152. The number of hydrogen-bond acceptors (Lipinski definition) is 3. The first-order chi connectivity index (χ1) is 9.45. The van der Waals surface area contributed by atoms with Gasteiger partial charge in [-0.15, -0.1) is 0 Å². The fourth-order valence-electron chi connectivity index (χ4n) is 2.26. The molecular weight excluding hydrogens is 259 g/mol. The number of amides is 1. The fraction of sp³-hybridized carbons (Fsp3) is 0.467. The smallest absolute Gasteiger partial charge is 0.229 e. The average molecular weight is 276 g/mol. The number of fused-ring (bicyclic) bond motifs is 1. The quantitative estimate of drug-likeness (QED) is 0.834. The van der Waals surface area contributed by atoms with Crippen LogP contribution in [0, 0.1) is 22.6 Å². The van der Waals surface area contributed by atoms with Crippen LogP contribution in [0.1, 0.15) is 25.8 Å². The third-order valence-electron chi connectivity index (χ3n) is 3.40. The molecule has 0 aromatic heterocycles. The van der Waals surface area contributed by atoms with Gasteiger partial charge in [-0.25, -0.2) is 4.39 Å². The molecule has 0 fully saturated rings. The van der Waals surface area contributed by atoms with Gasteiger partial charge in [0.25, 0.3) is 0 Å². The number of ether oxygens (including phenoxy) is 1. The Kier molecular flexibility index (Phi) is 3.93. The van der Waals surface area contributed by atoms with E-state index in [1.54, 1.807) is 30.9 Å². The molecule has 0 spiro atoms. The highest BCUT2D eigenvalue weighted by Crippen LogP contribution is 2.29. The summed E-state index contributed by atoms with van der Waals surface area (Å²) in [6, 6.07) is 6.73. The normalized spacial score (nSPS) is 14.8. The Balaban J connectivity index is 2.24. The van der Waals surface area contributed by atoms with E-state index >= 15 is 0 Å². The van der Waals surface area contributed by atoms with Crippen molar-refractivity contribution >= 4 is 5.91 Å². The van der Waals surface area contributed by atoms with E-state index in [-0.39, 0.29) is 24.7 Å². The summed E-state index contributed by atoms with van der Waals surface area (Å²) in [4.78, 5) is 14.1. The van der Waals surface area contributed by atoms with E-state index in [4.69, 9.17) is 10.00 Å². The predicted molar refractivity (Wildman–Crippen MR) is 71.3 cm³/mol. The maximum absolute atomic E-state index is 13.7. The minimum atomic E-state index is -0.743. The van der Waals surface area contributed by atoms with Crippen molar-refractivity contribution in [1.29, 1.82) is 5.26 Å². The molecule has 1 aliphatic heterocycles. The van der Waals surface area contributed by atoms with Gasteiger partial charge < -0.3 is 9.64 Å². The molecule has 0 radical (unpaired) electrons. The second kappa shape index (κ2) is 5.49. The molecule has 0 aliphatic carbocycles. The molecule has 0 atom stereocenters. The lowest BCUT2D eigenvalue weighted by Crippen LogP contribution is -2.41. The van der Waals surface area contributed by atoms with Gasteiger partial charge in [0, 0.05) is 18.5 Å². The van der Waals surface area contributed by atoms with Gasteiger partial charge in [-0.3, -0.25) is 4.79 Å². The second-order valence-corrected chi connectivity index (χ2v) is 5.52. The first kappa shape index (κ1) is 14.3. The molecule has 1 aliphatic rings. The van der Waals surface area contributed by atoms with Crippen molar-refractivity contribution in [2.24, 2.45) is 5.41 Å². The van der Waals surface area contributed by atoms with Crippen LogP contribution in [0.4, 0.5) is 4.39 Å². The Morgan fingerprint density at radius 3 is 3.00 bits per heavy atom. The molecule has 106 valence electrons. The van der Waals surface area contributed by atoms with Crippen LogP contribution in [-0.4, -0.2) is 24.0 Å². The average Bonchev–Trinajstić information content (AvgIpc) is 2.61. The van der Waals surface area contributed by atoms with E-state index in [1.165, 1.54) is 6.07 Å². The summed E-state index contributed by atoms with van der Waals surface area (Å²) in [5.41, 5.74) is -0.0874. The highest BCUT2D eigenvalue weighted by atomic mass is 19.1. The van der Waals surface area contributed by atoms with Crippen LogP contribution in [0.5, 0.6) is 5.75 Å². The molecule has 0 unspecified atom stereocenters. The van der Waals surface area contributed by atoms with Crippen molar-refractivity contribution in [3.8, 4) is 11.8 Å². The summed E-state index contributed by atoms with van der Waals surface area (Å²) >= 11 is 0. The third-order valence-corrected chi connectivity index (χ3v) is 3.40. The molecule has 1 aromatic rings. The van der Waals surface area contributed by atoms with E-state index in [0.717, 1.165) is 0 Å². The van der Waals surface area contributed by atoms with Crippen molar-refractivity contribution < 1.29 is 13.9 Å². The molecule has 0 N–H and O–H groups in total. The summed E-state index contributed by atoms with van der Waals surface area (Å²) in [5.74, 6) is -0.297. The van der Waals surface area contributed by atoms with Crippen molar-refractivity contribution in [2.45, 2.75) is 26.8 Å². The number of benzene rings is 1. The Labute approximate surface area is 117 Å². The molecule has 5 heteroatoms. The summed E-state index contributed by atoms with van der Waals surface area (Å²) in [5, 5.41) is 8.80. The molecular formula is C15H17FN2O2. The maximum atomic E-state index is 13.7. The number of carbonyl (C=O) groups excluding carboxylic acids is 1. The van der Waals surface area contributed by atoms with E-state index in [2.05, 4.69) is 0 Å². The second-order valence-electron chi connectivity index (χ2n) is 5.52. The first-order valence-corrected chi connectivity index (χ1v) is 6.52. The molecule has 1 heterocycles. The molecule has 0 saturated carbocycles. The molecule has 1 amide bonds. The number of rotatable bonds is 2. The number of nitrogens with zero attached hydrogens (tertiary/aromatic N) is 2. The van der Waals surface area contributed by atoms with Gasteiger partial charge in [0.1, 0.15) is 6.61 Å². The van der Waals surface area contributed by atoms with Crippen molar-refractivity contribution in [3.63, 3.8) is 0 Å². The Morgan fingerprint density at radius 2 is 2.30 bits per heavy atom. The van der Waals surface area contributed by atoms with Crippen LogP contribution in [-0.2, 0) is 11.3 Å². The lowest BCUT2D eigenvalue weighted by atomic mass is 9.88. The van der Waals surface area contributed by atoms with Gasteiger partial charge in [0.05, 0.1) is 18.0 Å². The van der Waals surface area contributed by atoms with Crippen LogP contribution in [0.15, 0.2) is 18.2 Å². The Hall–Kier alpha value is -2.09. The van der Waals surface area contributed by atoms with Crippen molar-refractivity contribution in [3.05, 3.63) is 29.6 Å². The van der Waals surface area contributed by atoms with Gasteiger partial charge in [-0.05, 0) is 6.07 Å². The standard InChI is InChI=1S/C15H17FN2O2/c1-15(2,6-7-17)14(19)18-8-9-20-13-11(10-18)4-3-5-12(13)16/h3-5H,6,8-10H2,1-2H3. The maximum Gasteiger partial charge on any atom is 0.229 e. The molecule has 1 aromatic carbocycles. The van der Waals surface area contributed by atoms with Crippen LogP contribution in [0.25, 0.3) is 0 Å². The monoisotopic (exact) mass is 276 g/mol. The highest BCUT2D eigenvalue weighted by Gasteiger charge is 2.33. The largest absolute Gasteiger partial charge is 0.488 e. The zero-order valence-corrected chi connectivity index (χ0v) is 11.6. The van der Waals surface area contributed by atoms with E-state index in [0.29, 0.717) is 18.7 Å². The first-order valence-electron chi connectivity index (χ1n) is 6.52. The molecule has 20 heavy (non-hydrogen) atoms.